The minimum atomic E-state index is 0.342. The number of rotatable bonds is 8. The summed E-state index contributed by atoms with van der Waals surface area (Å²) in [6.45, 7) is 13.1. The van der Waals surface area contributed by atoms with E-state index in [1.54, 1.807) is 6.92 Å². The van der Waals surface area contributed by atoms with Crippen molar-refractivity contribution >= 4 is 5.78 Å². The van der Waals surface area contributed by atoms with Gasteiger partial charge in [0, 0.05) is 25.6 Å². The van der Waals surface area contributed by atoms with Crippen LogP contribution in [0.2, 0.25) is 0 Å². The summed E-state index contributed by atoms with van der Waals surface area (Å²) in [6, 6.07) is 0.864. The molecule has 138 valence electrons. The minimum Gasteiger partial charge on any atom is -0.303 e. The molecule has 0 bridgehead atoms. The van der Waals surface area contributed by atoms with Gasteiger partial charge in [-0.3, -0.25) is 4.90 Å². The van der Waals surface area contributed by atoms with Crippen molar-refractivity contribution in [2.24, 2.45) is 17.3 Å². The van der Waals surface area contributed by atoms with E-state index in [0.29, 0.717) is 5.78 Å². The maximum absolute atomic E-state index is 11.0. The van der Waals surface area contributed by atoms with Crippen molar-refractivity contribution in [1.82, 2.24) is 9.80 Å². The average Bonchev–Trinajstić information content (AvgIpc) is 2.44. The van der Waals surface area contributed by atoms with Crippen LogP contribution in [0.5, 0.6) is 0 Å². The number of likely N-dealkylation sites (tertiary alicyclic amines) is 2. The van der Waals surface area contributed by atoms with Crippen LogP contribution in [-0.2, 0) is 4.79 Å². The Morgan fingerprint density at radius 3 is 2.33 bits per heavy atom. The highest BCUT2D eigenvalue weighted by molar-refractivity contribution is 5.75. The highest BCUT2D eigenvalue weighted by Crippen LogP contribution is 2.55. The van der Waals surface area contributed by atoms with Crippen molar-refractivity contribution in [2.75, 3.05) is 32.7 Å². The van der Waals surface area contributed by atoms with Crippen molar-refractivity contribution in [2.45, 2.75) is 78.2 Å². The quantitative estimate of drug-likeness (QED) is 0.628. The normalized spacial score (nSPS) is 25.8. The van der Waals surface area contributed by atoms with Gasteiger partial charge in [0.05, 0.1) is 0 Å². The zero-order valence-electron chi connectivity index (χ0n) is 16.2. The largest absolute Gasteiger partial charge is 0.303 e. The highest BCUT2D eigenvalue weighted by atomic mass is 16.1. The fraction of sp³-hybridized carbons (Fsp3) is 0.952. The van der Waals surface area contributed by atoms with Gasteiger partial charge < -0.3 is 9.69 Å². The Labute approximate surface area is 149 Å². The molecule has 2 heterocycles. The molecule has 1 aliphatic carbocycles. The molecule has 2 aliphatic heterocycles. The number of piperidine rings is 1. The Bertz CT molecular complexity index is 412. The first kappa shape index (κ1) is 18.4. The van der Waals surface area contributed by atoms with Gasteiger partial charge in [-0.2, -0.15) is 0 Å². The molecule has 3 heteroatoms. The first-order chi connectivity index (χ1) is 11.5. The Morgan fingerprint density at radius 1 is 1.08 bits per heavy atom. The molecule has 2 saturated heterocycles. The molecule has 24 heavy (non-hydrogen) atoms. The fourth-order valence-electron chi connectivity index (χ4n) is 5.25. The van der Waals surface area contributed by atoms with Crippen LogP contribution in [0, 0.1) is 17.3 Å². The summed E-state index contributed by atoms with van der Waals surface area (Å²) in [4.78, 5) is 16.4. The van der Waals surface area contributed by atoms with Gasteiger partial charge in [0.15, 0.2) is 0 Å². The van der Waals surface area contributed by atoms with E-state index in [1.165, 1.54) is 71.2 Å². The summed E-state index contributed by atoms with van der Waals surface area (Å²) < 4.78 is 0. The van der Waals surface area contributed by atoms with Gasteiger partial charge in [-0.15, -0.1) is 0 Å². The smallest absolute Gasteiger partial charge is 0.129 e. The molecule has 3 fully saturated rings. The molecule has 1 saturated carbocycles. The van der Waals surface area contributed by atoms with Crippen LogP contribution in [0.1, 0.15) is 72.1 Å². The molecule has 0 atom stereocenters. The maximum atomic E-state index is 11.0. The molecule has 0 aromatic rings. The van der Waals surface area contributed by atoms with Gasteiger partial charge in [0.2, 0.25) is 0 Å². The molecule has 0 aromatic heterocycles. The number of hydrogen-bond acceptors (Lipinski definition) is 3. The zero-order valence-corrected chi connectivity index (χ0v) is 16.2. The van der Waals surface area contributed by atoms with Crippen molar-refractivity contribution in [3.8, 4) is 0 Å². The monoisotopic (exact) mass is 334 g/mol. The molecule has 0 radical (unpaired) electrons. The molecular weight excluding hydrogens is 296 g/mol. The second-order valence-electron chi connectivity index (χ2n) is 9.40. The van der Waals surface area contributed by atoms with Gasteiger partial charge in [-0.25, -0.2) is 0 Å². The number of carbonyl (C=O) groups is 1. The van der Waals surface area contributed by atoms with Crippen LogP contribution < -0.4 is 0 Å². The van der Waals surface area contributed by atoms with Crippen molar-refractivity contribution in [3.05, 3.63) is 0 Å². The van der Waals surface area contributed by atoms with Gasteiger partial charge in [-0.1, -0.05) is 20.3 Å². The van der Waals surface area contributed by atoms with Gasteiger partial charge in [0.1, 0.15) is 5.78 Å². The zero-order chi connectivity index (χ0) is 17.2. The molecule has 0 N–H and O–H groups in total. The molecule has 0 aromatic carbocycles. The maximum Gasteiger partial charge on any atom is 0.129 e. The number of ketones is 1. The molecule has 0 amide bonds. The summed E-state index contributed by atoms with van der Waals surface area (Å²) in [5.74, 6) is 2.25. The Kier molecular flexibility index (Phi) is 6.02. The second-order valence-corrected chi connectivity index (χ2v) is 9.40. The van der Waals surface area contributed by atoms with E-state index in [2.05, 4.69) is 23.6 Å². The van der Waals surface area contributed by atoms with E-state index in [-0.39, 0.29) is 0 Å². The Balaban J connectivity index is 1.25. The third kappa shape index (κ3) is 4.40. The first-order valence-electron chi connectivity index (χ1n) is 10.4. The van der Waals surface area contributed by atoms with Gasteiger partial charge >= 0.3 is 0 Å². The van der Waals surface area contributed by atoms with Crippen LogP contribution in [0.25, 0.3) is 0 Å². The standard InChI is InChI=1S/C21H38N2O/c1-17(2)19-13-21(14-19)15-23(16-21)20-8-11-22(12-9-20)10-6-4-5-7-18(3)24/h17,19-20H,4-16H2,1-3H3. The van der Waals surface area contributed by atoms with Crippen LogP contribution in [-0.4, -0.2) is 54.3 Å². The van der Waals surface area contributed by atoms with Crippen LogP contribution in [0.4, 0.5) is 0 Å². The van der Waals surface area contributed by atoms with E-state index in [0.717, 1.165) is 36.1 Å². The van der Waals surface area contributed by atoms with Crippen molar-refractivity contribution in [3.63, 3.8) is 0 Å². The van der Waals surface area contributed by atoms with E-state index >= 15 is 0 Å². The predicted molar refractivity (Wildman–Crippen MR) is 100 cm³/mol. The third-order valence-electron chi connectivity index (χ3n) is 6.99. The average molecular weight is 335 g/mol. The summed E-state index contributed by atoms with van der Waals surface area (Å²) in [6.07, 6.45) is 10.1. The second kappa shape index (κ2) is 7.86. The van der Waals surface area contributed by atoms with E-state index < -0.39 is 0 Å². The lowest BCUT2D eigenvalue weighted by Gasteiger charge is -2.62. The molecule has 3 nitrogen and oxygen atoms in total. The van der Waals surface area contributed by atoms with Crippen molar-refractivity contribution < 1.29 is 4.79 Å². The molecule has 3 aliphatic rings. The summed E-state index contributed by atoms with van der Waals surface area (Å²) >= 11 is 0. The number of carbonyl (C=O) groups excluding carboxylic acids is 1. The Morgan fingerprint density at radius 2 is 1.75 bits per heavy atom. The highest BCUT2D eigenvalue weighted by Gasteiger charge is 2.53. The minimum absolute atomic E-state index is 0.342. The summed E-state index contributed by atoms with van der Waals surface area (Å²) in [5, 5.41) is 0. The van der Waals surface area contributed by atoms with Gasteiger partial charge in [-0.05, 0) is 82.3 Å². The lowest BCUT2D eigenvalue weighted by Crippen LogP contribution is -2.66. The lowest BCUT2D eigenvalue weighted by atomic mass is 9.55. The SMILES string of the molecule is CC(=O)CCCCCN1CCC(N2CC3(CC(C(C)C)C3)C2)CC1. The summed E-state index contributed by atoms with van der Waals surface area (Å²) in [5.41, 5.74) is 0.739. The topological polar surface area (TPSA) is 23.6 Å². The van der Waals surface area contributed by atoms with Crippen LogP contribution in [0.15, 0.2) is 0 Å². The fourth-order valence-corrected chi connectivity index (χ4v) is 5.25. The number of Topliss-reactive ketones (excluding diaryl/α,β-unsaturated/α-hetero) is 1. The van der Waals surface area contributed by atoms with E-state index in [1.807, 2.05) is 0 Å². The number of nitrogens with zero attached hydrogens (tertiary/aromatic N) is 2. The van der Waals surface area contributed by atoms with Crippen LogP contribution >= 0.6 is 0 Å². The first-order valence-corrected chi connectivity index (χ1v) is 10.4. The molecule has 3 rings (SSSR count). The molecular formula is C21H38N2O. The molecule has 0 unspecified atom stereocenters. The van der Waals surface area contributed by atoms with Crippen molar-refractivity contribution in [1.29, 1.82) is 0 Å². The van der Waals surface area contributed by atoms with Gasteiger partial charge in [0.25, 0.3) is 0 Å². The third-order valence-corrected chi connectivity index (χ3v) is 6.99. The number of unbranched alkanes of at least 4 members (excludes halogenated alkanes) is 2. The Hall–Kier alpha value is -0.410. The predicted octanol–water partition coefficient (Wildman–Crippen LogP) is 3.97. The molecule has 1 spiro atoms. The van der Waals surface area contributed by atoms with E-state index in [4.69, 9.17) is 0 Å². The lowest BCUT2D eigenvalue weighted by molar-refractivity contribution is -0.129. The summed E-state index contributed by atoms with van der Waals surface area (Å²) in [7, 11) is 0. The van der Waals surface area contributed by atoms with Crippen LogP contribution in [0.3, 0.4) is 0 Å². The van der Waals surface area contributed by atoms with E-state index in [9.17, 15) is 4.79 Å². The number of hydrogen-bond donors (Lipinski definition) is 0.